The third-order valence-corrected chi connectivity index (χ3v) is 5.13. The molecule has 0 saturated carbocycles. The van der Waals surface area contributed by atoms with Crippen LogP contribution in [0.4, 0.5) is 0 Å². The van der Waals surface area contributed by atoms with Crippen molar-refractivity contribution in [2.45, 2.75) is 52.0 Å². The van der Waals surface area contributed by atoms with Crippen LogP contribution < -0.4 is 5.73 Å². The Morgan fingerprint density at radius 1 is 0.897 bits per heavy atom. The second kappa shape index (κ2) is 11.4. The predicted octanol–water partition coefficient (Wildman–Crippen LogP) is 3.99. The summed E-state index contributed by atoms with van der Waals surface area (Å²) in [7, 11) is 0. The third-order valence-electron chi connectivity index (χ3n) is 5.13. The molecule has 0 heterocycles. The van der Waals surface area contributed by atoms with Crippen LogP contribution in [0.3, 0.4) is 0 Å². The average Bonchev–Trinajstić information content (AvgIpc) is 2.71. The molecule has 0 aliphatic carbocycles. The van der Waals surface area contributed by atoms with Crippen LogP contribution in [0.25, 0.3) is 0 Å². The van der Waals surface area contributed by atoms with Gasteiger partial charge in [-0.05, 0) is 49.1 Å². The molecule has 0 fully saturated rings. The molecule has 0 aromatic heterocycles. The van der Waals surface area contributed by atoms with Gasteiger partial charge in [0.1, 0.15) is 5.92 Å². The van der Waals surface area contributed by atoms with Crippen LogP contribution in [0.1, 0.15) is 44.2 Å². The molecule has 156 valence electrons. The van der Waals surface area contributed by atoms with E-state index in [0.717, 1.165) is 22.6 Å². The van der Waals surface area contributed by atoms with Crippen molar-refractivity contribution < 1.29 is 14.8 Å². The van der Waals surface area contributed by atoms with Gasteiger partial charge in [-0.15, -0.1) is 0 Å². The predicted molar refractivity (Wildman–Crippen MR) is 114 cm³/mol. The first-order chi connectivity index (χ1) is 13.9. The number of nitrogens with zero attached hydrogens (tertiary/aromatic N) is 1. The lowest BCUT2D eigenvalue weighted by molar-refractivity contribution is -0.183. The summed E-state index contributed by atoms with van der Waals surface area (Å²) in [5.74, 6) is -2.04. The van der Waals surface area contributed by atoms with Crippen molar-refractivity contribution in [3.8, 4) is 0 Å². The van der Waals surface area contributed by atoms with Gasteiger partial charge < -0.3 is 5.73 Å². The lowest BCUT2D eigenvalue weighted by Gasteiger charge is -2.29. The van der Waals surface area contributed by atoms with E-state index >= 15 is 0 Å². The maximum absolute atomic E-state index is 12.9. The molecular formula is C24H32N2O3. The van der Waals surface area contributed by atoms with Crippen molar-refractivity contribution in [1.82, 2.24) is 5.06 Å². The number of hydrogen-bond acceptors (Lipinski definition) is 3. The van der Waals surface area contributed by atoms with Crippen molar-refractivity contribution in [3.63, 3.8) is 0 Å². The SMILES string of the molecule is CC(C)CC(CCc1ccccc1)N(O)C(=O)C(CCc1ccccc1)C(N)=O. The first kappa shape index (κ1) is 22.6. The van der Waals surface area contributed by atoms with Gasteiger partial charge in [0.05, 0.1) is 6.04 Å². The quantitative estimate of drug-likeness (QED) is 0.342. The van der Waals surface area contributed by atoms with E-state index in [1.54, 1.807) is 0 Å². The fourth-order valence-corrected chi connectivity index (χ4v) is 3.54. The van der Waals surface area contributed by atoms with E-state index in [1.807, 2.05) is 60.7 Å². The first-order valence-electron chi connectivity index (χ1n) is 10.3. The van der Waals surface area contributed by atoms with Crippen LogP contribution in [0, 0.1) is 11.8 Å². The van der Waals surface area contributed by atoms with E-state index in [1.165, 1.54) is 0 Å². The highest BCUT2D eigenvalue weighted by Crippen LogP contribution is 2.20. The molecule has 2 rings (SSSR count). The smallest absolute Gasteiger partial charge is 0.258 e. The number of nitrogens with two attached hydrogens (primary N) is 1. The molecule has 0 aliphatic rings. The van der Waals surface area contributed by atoms with Gasteiger partial charge in [0.25, 0.3) is 5.91 Å². The standard InChI is InChI=1S/C24H32N2O3/c1-18(2)17-21(15-13-19-9-5-3-6-10-19)26(29)24(28)22(23(25)27)16-14-20-11-7-4-8-12-20/h3-12,18,21-22,29H,13-17H2,1-2H3,(H2,25,27). The largest absolute Gasteiger partial charge is 0.369 e. The lowest BCUT2D eigenvalue weighted by Crippen LogP contribution is -2.46. The summed E-state index contributed by atoms with van der Waals surface area (Å²) < 4.78 is 0. The van der Waals surface area contributed by atoms with Gasteiger partial charge in [-0.1, -0.05) is 74.5 Å². The first-order valence-corrected chi connectivity index (χ1v) is 10.3. The number of carbonyl (C=O) groups is 2. The van der Waals surface area contributed by atoms with Gasteiger partial charge in [-0.3, -0.25) is 14.8 Å². The fraction of sp³-hybridized carbons (Fsp3) is 0.417. The number of rotatable bonds is 11. The normalized spacial score (nSPS) is 13.1. The monoisotopic (exact) mass is 396 g/mol. The van der Waals surface area contributed by atoms with Crippen LogP contribution in [0.2, 0.25) is 0 Å². The molecule has 2 aromatic carbocycles. The zero-order valence-corrected chi connectivity index (χ0v) is 17.3. The van der Waals surface area contributed by atoms with Crippen molar-refractivity contribution in [3.05, 3.63) is 71.8 Å². The molecular weight excluding hydrogens is 364 g/mol. The molecule has 0 saturated heterocycles. The lowest BCUT2D eigenvalue weighted by atomic mass is 9.94. The molecule has 5 nitrogen and oxygen atoms in total. The van der Waals surface area contributed by atoms with Crippen LogP contribution in [-0.2, 0) is 22.4 Å². The Labute approximate surface area is 173 Å². The molecule has 2 amide bonds. The third kappa shape index (κ3) is 7.35. The number of amides is 2. The topological polar surface area (TPSA) is 83.6 Å². The summed E-state index contributed by atoms with van der Waals surface area (Å²) in [6.07, 6.45) is 2.84. The van der Waals surface area contributed by atoms with Gasteiger partial charge >= 0.3 is 0 Å². The highest BCUT2D eigenvalue weighted by atomic mass is 16.5. The summed E-state index contributed by atoms with van der Waals surface area (Å²) in [6.45, 7) is 4.10. The van der Waals surface area contributed by atoms with E-state index in [4.69, 9.17) is 5.73 Å². The van der Waals surface area contributed by atoms with Crippen LogP contribution in [0.5, 0.6) is 0 Å². The van der Waals surface area contributed by atoms with Gasteiger partial charge in [-0.25, -0.2) is 5.06 Å². The Morgan fingerprint density at radius 2 is 1.38 bits per heavy atom. The zero-order valence-electron chi connectivity index (χ0n) is 17.3. The zero-order chi connectivity index (χ0) is 21.2. The Morgan fingerprint density at radius 3 is 1.83 bits per heavy atom. The van der Waals surface area contributed by atoms with Crippen molar-refractivity contribution in [1.29, 1.82) is 0 Å². The van der Waals surface area contributed by atoms with E-state index in [0.29, 0.717) is 25.2 Å². The molecule has 29 heavy (non-hydrogen) atoms. The van der Waals surface area contributed by atoms with E-state index < -0.39 is 17.7 Å². The highest BCUT2D eigenvalue weighted by molar-refractivity contribution is 5.99. The molecule has 0 radical (unpaired) electrons. The summed E-state index contributed by atoms with van der Waals surface area (Å²) in [5.41, 5.74) is 7.69. The minimum Gasteiger partial charge on any atom is -0.369 e. The van der Waals surface area contributed by atoms with Crippen molar-refractivity contribution in [2.24, 2.45) is 17.6 Å². The molecule has 3 N–H and O–H groups in total. The molecule has 0 aliphatic heterocycles. The number of benzene rings is 2. The average molecular weight is 397 g/mol. The highest BCUT2D eigenvalue weighted by Gasteiger charge is 2.32. The van der Waals surface area contributed by atoms with Gasteiger partial charge in [0.15, 0.2) is 0 Å². The van der Waals surface area contributed by atoms with Crippen LogP contribution in [0.15, 0.2) is 60.7 Å². The number of primary amides is 1. The number of hydrogen-bond donors (Lipinski definition) is 2. The van der Waals surface area contributed by atoms with Gasteiger partial charge in [0, 0.05) is 0 Å². The molecule has 2 unspecified atom stereocenters. The summed E-state index contributed by atoms with van der Waals surface area (Å²) >= 11 is 0. The maximum atomic E-state index is 12.9. The number of aryl methyl sites for hydroxylation is 2. The fourth-order valence-electron chi connectivity index (χ4n) is 3.54. The molecule has 5 heteroatoms. The summed E-state index contributed by atoms with van der Waals surface area (Å²) in [5, 5.41) is 11.5. The number of carbonyl (C=O) groups excluding carboxylic acids is 2. The Bertz CT molecular complexity index is 762. The van der Waals surface area contributed by atoms with Crippen LogP contribution >= 0.6 is 0 Å². The molecule has 0 spiro atoms. The molecule has 2 aromatic rings. The van der Waals surface area contributed by atoms with Gasteiger partial charge in [-0.2, -0.15) is 0 Å². The Balaban J connectivity index is 2.05. The van der Waals surface area contributed by atoms with Gasteiger partial charge in [0.2, 0.25) is 5.91 Å². The minimum absolute atomic E-state index is 0.280. The molecule has 2 atom stereocenters. The van der Waals surface area contributed by atoms with E-state index in [2.05, 4.69) is 13.8 Å². The summed E-state index contributed by atoms with van der Waals surface area (Å²) in [4.78, 5) is 24.9. The summed E-state index contributed by atoms with van der Waals surface area (Å²) in [6, 6.07) is 19.2. The van der Waals surface area contributed by atoms with Crippen molar-refractivity contribution >= 4 is 11.8 Å². The second-order valence-electron chi connectivity index (χ2n) is 7.97. The molecule has 0 bridgehead atoms. The minimum atomic E-state index is -1.04. The van der Waals surface area contributed by atoms with Crippen molar-refractivity contribution in [2.75, 3.05) is 0 Å². The van der Waals surface area contributed by atoms with E-state index in [-0.39, 0.29) is 12.5 Å². The number of hydroxylamine groups is 2. The van der Waals surface area contributed by atoms with E-state index in [9.17, 15) is 14.8 Å². The maximum Gasteiger partial charge on any atom is 0.258 e. The Kier molecular flexibility index (Phi) is 8.87. The Hall–Kier alpha value is -2.66. The van der Waals surface area contributed by atoms with Crippen LogP contribution in [-0.4, -0.2) is 28.1 Å². The second-order valence-corrected chi connectivity index (χ2v) is 7.97.